The molecule has 67 heavy (non-hydrogen) atoms. The minimum Gasteiger partial charge on any atom is -0.311 e. The third-order valence-corrected chi connectivity index (χ3v) is 12.9. The number of anilines is 9. The highest BCUT2D eigenvalue weighted by Crippen LogP contribution is 2.43. The van der Waals surface area contributed by atoms with Crippen LogP contribution in [0.25, 0.3) is 54.2 Å². The molecule has 0 aliphatic heterocycles. The summed E-state index contributed by atoms with van der Waals surface area (Å²) < 4.78 is 0. The minimum atomic E-state index is 1.06. The number of fused-ring (bicyclic) bond motifs is 4. The van der Waals surface area contributed by atoms with Crippen molar-refractivity contribution < 1.29 is 0 Å². The summed E-state index contributed by atoms with van der Waals surface area (Å²) in [5.41, 5.74) is 12.1. The van der Waals surface area contributed by atoms with Crippen LogP contribution in [0, 0.1) is 0 Å². The molecule has 0 aromatic heterocycles. The van der Waals surface area contributed by atoms with Crippen molar-refractivity contribution >= 4 is 94.3 Å². The second-order valence-electron chi connectivity index (χ2n) is 17.1. The number of rotatable bonds is 10. The van der Waals surface area contributed by atoms with Gasteiger partial charge in [-0.15, -0.1) is 0 Å². The Morgan fingerprint density at radius 2 is 0.358 bits per heavy atom. The molecule has 0 heterocycles. The number of nitrogens with zero attached hydrogens (tertiary/aromatic N) is 3. The summed E-state index contributed by atoms with van der Waals surface area (Å²) in [6, 6.07) is 98.8. The van der Waals surface area contributed by atoms with Crippen LogP contribution in [0.3, 0.4) is 0 Å². The summed E-state index contributed by atoms with van der Waals surface area (Å²) in [6.45, 7) is 0. The molecule has 3 heteroatoms. The van der Waals surface area contributed by atoms with E-state index >= 15 is 0 Å². The molecule has 0 atom stereocenters. The molecule has 0 aliphatic carbocycles. The second-order valence-corrected chi connectivity index (χ2v) is 17.1. The van der Waals surface area contributed by atoms with Crippen LogP contribution >= 0.6 is 0 Å². The van der Waals surface area contributed by atoms with E-state index in [1.807, 2.05) is 0 Å². The third-order valence-electron chi connectivity index (χ3n) is 12.9. The van der Waals surface area contributed by atoms with Crippen LogP contribution in [0.5, 0.6) is 0 Å². The molecular weight excluding hydrogens is 811 g/mol. The van der Waals surface area contributed by atoms with E-state index in [0.717, 1.165) is 51.2 Å². The van der Waals surface area contributed by atoms with Gasteiger partial charge < -0.3 is 14.7 Å². The molecule has 0 aliphatic rings. The van der Waals surface area contributed by atoms with Gasteiger partial charge in [0, 0.05) is 51.2 Å². The summed E-state index contributed by atoms with van der Waals surface area (Å²) in [5.74, 6) is 0. The van der Waals surface area contributed by atoms with E-state index < -0.39 is 0 Å². The molecule has 0 amide bonds. The van der Waals surface area contributed by atoms with Gasteiger partial charge in [0.1, 0.15) is 0 Å². The zero-order chi connectivity index (χ0) is 44.5. The topological polar surface area (TPSA) is 9.72 Å². The van der Waals surface area contributed by atoms with Crippen LogP contribution in [-0.4, -0.2) is 0 Å². The van der Waals surface area contributed by atoms with Crippen molar-refractivity contribution in [1.82, 2.24) is 0 Å². The van der Waals surface area contributed by atoms with Gasteiger partial charge in [0.05, 0.1) is 0 Å². The molecule has 0 radical (unpaired) electrons. The van der Waals surface area contributed by atoms with Crippen LogP contribution < -0.4 is 14.7 Å². The lowest BCUT2D eigenvalue weighted by molar-refractivity contribution is 1.25. The first kappa shape index (κ1) is 39.7. The number of benzene rings is 12. The monoisotopic (exact) mass is 855 g/mol. The number of hydrogen-bond acceptors (Lipinski definition) is 3. The second kappa shape index (κ2) is 17.2. The van der Waals surface area contributed by atoms with E-state index in [-0.39, 0.29) is 0 Å². The molecule has 0 fully saturated rings. The Morgan fingerprint density at radius 1 is 0.149 bits per heavy atom. The van der Waals surface area contributed by atoms with E-state index in [2.05, 4.69) is 288 Å². The molecule has 12 rings (SSSR count). The molecule has 3 nitrogen and oxygen atoms in total. The molecule has 12 aromatic carbocycles. The molecule has 0 saturated carbocycles. The standard InChI is InChI=1S/C64H45N3/c1-2-12-46(13-3-1)51-22-28-56(29-23-51)65(57-34-38-59(39-35-57)66(61-30-24-47-14-4-8-18-52(47)42-61)62-31-25-48-15-5-9-19-53(48)43-62)58-36-40-60(41-37-58)67(63-32-26-49-16-6-10-20-54(49)44-63)64-33-27-50-17-7-11-21-55(50)45-64/h1-45H. The van der Waals surface area contributed by atoms with E-state index in [9.17, 15) is 0 Å². The quantitative estimate of drug-likeness (QED) is 0.136. The highest BCUT2D eigenvalue weighted by molar-refractivity contribution is 5.95. The van der Waals surface area contributed by atoms with Crippen molar-refractivity contribution in [3.63, 3.8) is 0 Å². The third kappa shape index (κ3) is 7.79. The van der Waals surface area contributed by atoms with Crippen LogP contribution in [0.1, 0.15) is 0 Å². The Bertz CT molecular complexity index is 3330. The fourth-order valence-electron chi connectivity index (χ4n) is 9.54. The van der Waals surface area contributed by atoms with Crippen LogP contribution in [-0.2, 0) is 0 Å². The summed E-state index contributed by atoms with van der Waals surface area (Å²) in [4.78, 5) is 7.09. The Kier molecular flexibility index (Phi) is 10.2. The maximum Gasteiger partial charge on any atom is 0.0468 e. The molecule has 316 valence electrons. The summed E-state index contributed by atoms with van der Waals surface area (Å²) in [6.07, 6.45) is 0. The molecule has 0 bridgehead atoms. The van der Waals surface area contributed by atoms with Gasteiger partial charge in [-0.1, -0.05) is 164 Å². The van der Waals surface area contributed by atoms with Crippen molar-refractivity contribution in [3.05, 3.63) is 273 Å². The van der Waals surface area contributed by atoms with Gasteiger partial charge in [0.2, 0.25) is 0 Å². The van der Waals surface area contributed by atoms with Crippen LogP contribution in [0.4, 0.5) is 51.2 Å². The highest BCUT2D eigenvalue weighted by Gasteiger charge is 2.19. The molecule has 0 spiro atoms. The fraction of sp³-hybridized carbons (Fsp3) is 0. The minimum absolute atomic E-state index is 1.06. The maximum atomic E-state index is 2.37. The smallest absolute Gasteiger partial charge is 0.0468 e. The largest absolute Gasteiger partial charge is 0.311 e. The lowest BCUT2D eigenvalue weighted by atomic mass is 10.0. The first-order chi connectivity index (χ1) is 33.2. The average Bonchev–Trinajstić information content (AvgIpc) is 3.40. The Hall–Kier alpha value is -8.92. The van der Waals surface area contributed by atoms with E-state index in [1.165, 1.54) is 54.2 Å². The van der Waals surface area contributed by atoms with Crippen molar-refractivity contribution in [2.45, 2.75) is 0 Å². The molecular formula is C64H45N3. The van der Waals surface area contributed by atoms with Gasteiger partial charge in [0.15, 0.2) is 0 Å². The molecule has 12 aromatic rings. The van der Waals surface area contributed by atoms with Crippen LogP contribution in [0.15, 0.2) is 273 Å². The zero-order valence-electron chi connectivity index (χ0n) is 36.8. The van der Waals surface area contributed by atoms with Gasteiger partial charge in [-0.25, -0.2) is 0 Å². The normalized spacial score (nSPS) is 11.3. The van der Waals surface area contributed by atoms with Crippen molar-refractivity contribution in [2.75, 3.05) is 14.7 Å². The molecule has 0 unspecified atom stereocenters. The van der Waals surface area contributed by atoms with Crippen LogP contribution in [0.2, 0.25) is 0 Å². The molecule has 0 saturated heterocycles. The van der Waals surface area contributed by atoms with E-state index in [1.54, 1.807) is 0 Å². The first-order valence-corrected chi connectivity index (χ1v) is 22.9. The maximum absolute atomic E-state index is 2.37. The summed E-state index contributed by atoms with van der Waals surface area (Å²) in [7, 11) is 0. The highest BCUT2D eigenvalue weighted by atomic mass is 15.2. The Morgan fingerprint density at radius 3 is 0.657 bits per heavy atom. The summed E-state index contributed by atoms with van der Waals surface area (Å²) in [5, 5.41) is 9.70. The van der Waals surface area contributed by atoms with E-state index in [4.69, 9.17) is 0 Å². The Labute approximate surface area is 391 Å². The van der Waals surface area contributed by atoms with Crippen molar-refractivity contribution in [1.29, 1.82) is 0 Å². The zero-order valence-corrected chi connectivity index (χ0v) is 36.8. The predicted molar refractivity (Wildman–Crippen MR) is 286 cm³/mol. The average molecular weight is 856 g/mol. The number of hydrogen-bond donors (Lipinski definition) is 0. The van der Waals surface area contributed by atoms with Gasteiger partial charge in [-0.2, -0.15) is 0 Å². The predicted octanol–water partition coefficient (Wildman–Crippen LogP) is 18.4. The van der Waals surface area contributed by atoms with E-state index in [0.29, 0.717) is 0 Å². The first-order valence-electron chi connectivity index (χ1n) is 22.9. The SMILES string of the molecule is c1ccc(-c2ccc(N(c3ccc(N(c4ccc5ccccc5c4)c4ccc5ccccc5c4)cc3)c3ccc(N(c4ccc5ccccc5c4)c4ccc5ccccc5c4)cc3)cc2)cc1. The van der Waals surface area contributed by atoms with Gasteiger partial charge in [-0.3, -0.25) is 0 Å². The summed E-state index contributed by atoms with van der Waals surface area (Å²) >= 11 is 0. The van der Waals surface area contributed by atoms with Gasteiger partial charge in [-0.05, 0) is 163 Å². The van der Waals surface area contributed by atoms with Gasteiger partial charge in [0.25, 0.3) is 0 Å². The Balaban J connectivity index is 0.964. The van der Waals surface area contributed by atoms with Crippen molar-refractivity contribution in [3.8, 4) is 11.1 Å². The van der Waals surface area contributed by atoms with Gasteiger partial charge >= 0.3 is 0 Å². The molecule has 0 N–H and O–H groups in total. The lowest BCUT2D eigenvalue weighted by Crippen LogP contribution is -2.13. The lowest BCUT2D eigenvalue weighted by Gasteiger charge is -2.30. The fourth-order valence-corrected chi connectivity index (χ4v) is 9.54. The van der Waals surface area contributed by atoms with Crippen molar-refractivity contribution in [2.24, 2.45) is 0 Å².